The van der Waals surface area contributed by atoms with Gasteiger partial charge in [-0.1, -0.05) is 38.5 Å². The highest BCUT2D eigenvalue weighted by molar-refractivity contribution is 6.20. The molecule has 0 aliphatic heterocycles. The van der Waals surface area contributed by atoms with Crippen molar-refractivity contribution in [2.24, 2.45) is 0 Å². The van der Waals surface area contributed by atoms with Crippen LogP contribution in [0.4, 0.5) is 0 Å². The van der Waals surface area contributed by atoms with Crippen molar-refractivity contribution in [3.63, 3.8) is 0 Å². The molecule has 100 valence electrons. The molecule has 1 unspecified atom stereocenters. The number of hydrogen-bond donors (Lipinski definition) is 0. The first-order valence-corrected chi connectivity index (χ1v) is 8.11. The molecule has 0 amide bonds. The van der Waals surface area contributed by atoms with Crippen LogP contribution in [-0.4, -0.2) is 28.9 Å². The second kappa shape index (κ2) is 6.99. The maximum Gasteiger partial charge on any atom is 0.0435 e. The van der Waals surface area contributed by atoms with Gasteiger partial charge in [-0.25, -0.2) is 0 Å². The summed E-state index contributed by atoms with van der Waals surface area (Å²) in [5, 5.41) is 0.304. The Labute approximate surface area is 112 Å². The Morgan fingerprint density at radius 3 is 1.65 bits per heavy atom. The molecule has 0 saturated heterocycles. The van der Waals surface area contributed by atoms with Crippen molar-refractivity contribution in [3.05, 3.63) is 0 Å². The Kier molecular flexibility index (Phi) is 5.62. The highest BCUT2D eigenvalue weighted by Gasteiger charge is 2.29. The molecule has 0 spiro atoms. The van der Waals surface area contributed by atoms with Gasteiger partial charge in [0.1, 0.15) is 0 Å². The zero-order valence-electron chi connectivity index (χ0n) is 11.3. The Hall–Kier alpha value is 0.250. The van der Waals surface area contributed by atoms with Crippen LogP contribution in [0.2, 0.25) is 0 Å². The quantitative estimate of drug-likeness (QED) is 0.667. The van der Waals surface area contributed by atoms with E-state index in [4.69, 9.17) is 11.6 Å². The fourth-order valence-electron chi connectivity index (χ4n) is 3.71. The third kappa shape index (κ3) is 4.13. The minimum atomic E-state index is 0.304. The van der Waals surface area contributed by atoms with E-state index in [1.54, 1.807) is 0 Å². The molecule has 1 atom stereocenters. The van der Waals surface area contributed by atoms with Gasteiger partial charge in [0.05, 0.1) is 0 Å². The molecule has 1 nitrogen and oxygen atoms in total. The summed E-state index contributed by atoms with van der Waals surface area (Å²) in [5.74, 6) is 0. The molecule has 2 saturated carbocycles. The van der Waals surface area contributed by atoms with E-state index in [0.29, 0.717) is 5.38 Å². The van der Waals surface area contributed by atoms with E-state index in [0.717, 1.165) is 18.6 Å². The molecule has 2 rings (SSSR count). The number of alkyl halides is 1. The predicted molar refractivity (Wildman–Crippen MR) is 75.8 cm³/mol. The van der Waals surface area contributed by atoms with Crippen molar-refractivity contribution in [1.82, 2.24) is 4.90 Å². The van der Waals surface area contributed by atoms with Gasteiger partial charge >= 0.3 is 0 Å². The van der Waals surface area contributed by atoms with E-state index >= 15 is 0 Å². The van der Waals surface area contributed by atoms with E-state index in [-0.39, 0.29) is 0 Å². The minimum absolute atomic E-state index is 0.304. The zero-order valence-corrected chi connectivity index (χ0v) is 12.1. The van der Waals surface area contributed by atoms with Gasteiger partial charge in [0.15, 0.2) is 0 Å². The molecule has 0 N–H and O–H groups in total. The number of nitrogens with zero attached hydrogens (tertiary/aromatic N) is 1. The number of rotatable bonds is 4. The molecule has 0 bridgehead atoms. The average Bonchev–Trinajstić information content (AvgIpc) is 2.38. The van der Waals surface area contributed by atoms with Crippen LogP contribution < -0.4 is 0 Å². The first-order valence-electron chi connectivity index (χ1n) is 7.67. The Morgan fingerprint density at radius 2 is 1.29 bits per heavy atom. The van der Waals surface area contributed by atoms with Gasteiger partial charge in [-0.3, -0.25) is 4.90 Å². The summed E-state index contributed by atoms with van der Waals surface area (Å²) in [6, 6.07) is 1.68. The summed E-state index contributed by atoms with van der Waals surface area (Å²) < 4.78 is 0. The predicted octanol–water partition coefficient (Wildman–Crippen LogP) is 4.58. The van der Waals surface area contributed by atoms with Gasteiger partial charge < -0.3 is 0 Å². The van der Waals surface area contributed by atoms with Gasteiger partial charge in [-0.05, 0) is 32.6 Å². The van der Waals surface area contributed by atoms with E-state index < -0.39 is 0 Å². The van der Waals surface area contributed by atoms with Crippen molar-refractivity contribution in [2.45, 2.75) is 88.6 Å². The lowest BCUT2D eigenvalue weighted by Gasteiger charge is -2.42. The van der Waals surface area contributed by atoms with E-state index in [9.17, 15) is 0 Å². The third-order valence-corrected chi connectivity index (χ3v) is 4.69. The van der Waals surface area contributed by atoms with Crippen LogP contribution in [0.15, 0.2) is 0 Å². The highest BCUT2D eigenvalue weighted by atomic mass is 35.5. The molecule has 2 aliphatic rings. The van der Waals surface area contributed by atoms with Crippen LogP contribution in [0, 0.1) is 0 Å². The summed E-state index contributed by atoms with van der Waals surface area (Å²) in [5.41, 5.74) is 0. The topological polar surface area (TPSA) is 3.24 Å². The molecule has 2 aliphatic carbocycles. The molecule has 0 aromatic heterocycles. The summed E-state index contributed by atoms with van der Waals surface area (Å²) in [6.45, 7) is 3.26. The molecular weight excluding hydrogens is 230 g/mol. The molecule has 0 aromatic rings. The molecule has 2 fully saturated rings. The first kappa shape index (κ1) is 13.7. The molecule has 17 heavy (non-hydrogen) atoms. The van der Waals surface area contributed by atoms with Crippen LogP contribution in [-0.2, 0) is 0 Å². The number of hydrogen-bond acceptors (Lipinski definition) is 1. The lowest BCUT2D eigenvalue weighted by molar-refractivity contribution is 0.0819. The van der Waals surface area contributed by atoms with Crippen LogP contribution in [0.3, 0.4) is 0 Å². The third-order valence-electron chi connectivity index (χ3n) is 4.55. The van der Waals surface area contributed by atoms with Gasteiger partial charge in [0.25, 0.3) is 0 Å². The van der Waals surface area contributed by atoms with Crippen molar-refractivity contribution in [2.75, 3.05) is 6.54 Å². The van der Waals surface area contributed by atoms with Gasteiger partial charge in [-0.15, -0.1) is 11.6 Å². The van der Waals surface area contributed by atoms with E-state index in [1.807, 2.05) is 0 Å². The molecule has 0 radical (unpaired) electrons. The first-order chi connectivity index (χ1) is 8.27. The van der Waals surface area contributed by atoms with Crippen LogP contribution in [0.25, 0.3) is 0 Å². The smallest absolute Gasteiger partial charge is 0.0435 e. The van der Waals surface area contributed by atoms with Gasteiger partial charge in [0, 0.05) is 24.0 Å². The Balaban J connectivity index is 1.95. The minimum Gasteiger partial charge on any atom is -0.296 e. The standard InChI is InChI=1S/C15H28ClN/c1-13(16)12-17(14-8-4-2-5-9-14)15-10-6-3-7-11-15/h13-15H,2-12H2,1H3. The Morgan fingerprint density at radius 1 is 0.882 bits per heavy atom. The van der Waals surface area contributed by atoms with E-state index in [1.165, 1.54) is 64.2 Å². The molecule has 2 heteroatoms. The van der Waals surface area contributed by atoms with Crippen molar-refractivity contribution >= 4 is 11.6 Å². The molecule has 0 aromatic carbocycles. The van der Waals surface area contributed by atoms with Crippen LogP contribution in [0.1, 0.15) is 71.1 Å². The van der Waals surface area contributed by atoms with Gasteiger partial charge in [-0.2, -0.15) is 0 Å². The lowest BCUT2D eigenvalue weighted by Crippen LogP contribution is -2.47. The molecular formula is C15H28ClN. The molecule has 0 heterocycles. The van der Waals surface area contributed by atoms with E-state index in [2.05, 4.69) is 11.8 Å². The van der Waals surface area contributed by atoms with Crippen LogP contribution in [0.5, 0.6) is 0 Å². The zero-order chi connectivity index (χ0) is 12.1. The SMILES string of the molecule is CC(Cl)CN(C1CCCCC1)C1CCCCC1. The summed E-state index contributed by atoms with van der Waals surface area (Å²) in [6.07, 6.45) is 14.3. The second-order valence-electron chi connectivity index (χ2n) is 6.06. The monoisotopic (exact) mass is 257 g/mol. The number of halogens is 1. The summed E-state index contributed by atoms with van der Waals surface area (Å²) in [7, 11) is 0. The van der Waals surface area contributed by atoms with Crippen molar-refractivity contribution < 1.29 is 0 Å². The van der Waals surface area contributed by atoms with Gasteiger partial charge in [0.2, 0.25) is 0 Å². The fourth-order valence-corrected chi connectivity index (χ4v) is 3.87. The maximum atomic E-state index is 6.27. The largest absolute Gasteiger partial charge is 0.296 e. The summed E-state index contributed by atoms with van der Waals surface area (Å²) in [4.78, 5) is 2.79. The lowest BCUT2D eigenvalue weighted by atomic mass is 9.88. The van der Waals surface area contributed by atoms with Crippen molar-refractivity contribution in [1.29, 1.82) is 0 Å². The highest BCUT2D eigenvalue weighted by Crippen LogP contribution is 2.30. The maximum absolute atomic E-state index is 6.27. The summed E-state index contributed by atoms with van der Waals surface area (Å²) >= 11 is 6.27. The van der Waals surface area contributed by atoms with Crippen LogP contribution >= 0.6 is 11.6 Å². The second-order valence-corrected chi connectivity index (χ2v) is 6.81. The Bertz CT molecular complexity index is 187. The van der Waals surface area contributed by atoms with Crippen molar-refractivity contribution in [3.8, 4) is 0 Å². The normalized spacial score (nSPS) is 26.3. The fraction of sp³-hybridized carbons (Fsp3) is 1.00. The average molecular weight is 258 g/mol.